The average Bonchev–Trinajstić information content (AvgIpc) is 2.80. The van der Waals surface area contributed by atoms with E-state index >= 15 is 0 Å². The number of hydrogen-bond acceptors (Lipinski definition) is 4. The van der Waals surface area contributed by atoms with E-state index in [1.54, 1.807) is 4.68 Å². The quantitative estimate of drug-likeness (QED) is 0.943. The molecule has 0 bridgehead atoms. The molecule has 21 heavy (non-hydrogen) atoms. The van der Waals surface area contributed by atoms with Crippen molar-refractivity contribution in [3.63, 3.8) is 0 Å². The Balaban J connectivity index is 1.76. The van der Waals surface area contributed by atoms with E-state index in [1.165, 1.54) is 0 Å². The van der Waals surface area contributed by atoms with Gasteiger partial charge in [0.1, 0.15) is 23.7 Å². The highest BCUT2D eigenvalue weighted by atomic mass is 16.5. The number of aryl methyl sites for hydroxylation is 1. The van der Waals surface area contributed by atoms with E-state index in [9.17, 15) is 5.11 Å². The molecule has 1 aromatic heterocycles. The van der Waals surface area contributed by atoms with Gasteiger partial charge in [-0.1, -0.05) is 0 Å². The van der Waals surface area contributed by atoms with Gasteiger partial charge < -0.3 is 14.6 Å². The van der Waals surface area contributed by atoms with E-state index < -0.39 is 6.10 Å². The van der Waals surface area contributed by atoms with Crippen LogP contribution in [0.15, 0.2) is 30.5 Å². The molecule has 0 saturated carbocycles. The fraction of sp³-hybridized carbons (Fsp3) is 0.438. The second kappa shape index (κ2) is 5.07. The summed E-state index contributed by atoms with van der Waals surface area (Å²) in [4.78, 5) is 0. The molecule has 1 aromatic carbocycles. The number of benzene rings is 1. The zero-order chi connectivity index (χ0) is 15.0. The van der Waals surface area contributed by atoms with Crippen molar-refractivity contribution in [2.45, 2.75) is 38.6 Å². The van der Waals surface area contributed by atoms with E-state index in [1.807, 2.05) is 51.4 Å². The van der Waals surface area contributed by atoms with Crippen LogP contribution < -0.4 is 9.47 Å². The maximum atomic E-state index is 10.2. The first kappa shape index (κ1) is 13.9. The van der Waals surface area contributed by atoms with Gasteiger partial charge in [-0.05, 0) is 32.0 Å². The number of nitrogens with zero attached hydrogens (tertiary/aromatic N) is 2. The predicted octanol–water partition coefficient (Wildman–Crippen LogP) is 2.59. The van der Waals surface area contributed by atoms with Crippen molar-refractivity contribution < 1.29 is 14.6 Å². The lowest BCUT2D eigenvalue weighted by Crippen LogP contribution is -2.34. The molecule has 0 amide bonds. The summed E-state index contributed by atoms with van der Waals surface area (Å²) in [7, 11) is 1.87. The molecule has 3 rings (SSSR count). The lowest BCUT2D eigenvalue weighted by Gasteiger charge is -2.35. The molecule has 1 aliphatic rings. The van der Waals surface area contributed by atoms with Gasteiger partial charge in [0.15, 0.2) is 0 Å². The Morgan fingerprint density at radius 3 is 2.95 bits per heavy atom. The summed E-state index contributed by atoms with van der Waals surface area (Å²) in [6, 6.07) is 7.47. The van der Waals surface area contributed by atoms with Gasteiger partial charge in [0, 0.05) is 31.3 Å². The van der Waals surface area contributed by atoms with E-state index in [4.69, 9.17) is 9.47 Å². The lowest BCUT2D eigenvalue weighted by molar-refractivity contribution is 0.0113. The average molecular weight is 288 g/mol. The molecule has 0 saturated heterocycles. The summed E-state index contributed by atoms with van der Waals surface area (Å²) < 4.78 is 13.4. The van der Waals surface area contributed by atoms with Crippen molar-refractivity contribution in [2.24, 2.45) is 7.05 Å². The Morgan fingerprint density at radius 1 is 1.43 bits per heavy atom. The maximum absolute atomic E-state index is 10.2. The number of hydrogen-bond donors (Lipinski definition) is 1. The smallest absolute Gasteiger partial charge is 0.132 e. The van der Waals surface area contributed by atoms with Gasteiger partial charge in [-0.3, -0.25) is 4.68 Å². The van der Waals surface area contributed by atoms with Crippen LogP contribution in [0.5, 0.6) is 11.5 Å². The summed E-state index contributed by atoms with van der Waals surface area (Å²) in [5.41, 5.74) is 1.32. The van der Waals surface area contributed by atoms with E-state index in [0.717, 1.165) is 11.3 Å². The van der Waals surface area contributed by atoms with Crippen LogP contribution in [0.2, 0.25) is 0 Å². The van der Waals surface area contributed by atoms with Crippen LogP contribution in [0.4, 0.5) is 0 Å². The number of aromatic nitrogens is 2. The molecular weight excluding hydrogens is 268 g/mol. The molecule has 5 heteroatoms. The van der Waals surface area contributed by atoms with Gasteiger partial charge in [0.05, 0.1) is 11.8 Å². The van der Waals surface area contributed by atoms with Crippen molar-refractivity contribution in [1.29, 1.82) is 0 Å². The van der Waals surface area contributed by atoms with E-state index in [2.05, 4.69) is 5.10 Å². The van der Waals surface area contributed by atoms with Gasteiger partial charge >= 0.3 is 0 Å². The zero-order valence-electron chi connectivity index (χ0n) is 12.5. The Morgan fingerprint density at radius 2 is 2.24 bits per heavy atom. The summed E-state index contributed by atoms with van der Waals surface area (Å²) in [6.07, 6.45) is 1.98. The summed E-state index contributed by atoms with van der Waals surface area (Å²) in [5.74, 6) is 1.40. The molecule has 0 fully saturated rings. The standard InChI is InChI=1S/C16H20N2O3/c1-16(2)9-14(19)13-5-4-12(8-15(13)21-16)20-10-11-6-7-18(3)17-11/h4-8,14,19H,9-10H2,1-3H3. The van der Waals surface area contributed by atoms with Crippen LogP contribution in [-0.4, -0.2) is 20.5 Å². The summed E-state index contributed by atoms with van der Waals surface area (Å²) in [6.45, 7) is 4.35. The molecule has 0 aliphatic carbocycles. The molecule has 0 radical (unpaired) electrons. The van der Waals surface area contributed by atoms with Crippen LogP contribution >= 0.6 is 0 Å². The van der Waals surface area contributed by atoms with Gasteiger partial charge in [0.25, 0.3) is 0 Å². The van der Waals surface area contributed by atoms with Crippen molar-refractivity contribution in [1.82, 2.24) is 9.78 Å². The normalized spacial score (nSPS) is 19.7. The first-order valence-corrected chi connectivity index (χ1v) is 7.05. The van der Waals surface area contributed by atoms with Crippen molar-refractivity contribution >= 4 is 0 Å². The third kappa shape index (κ3) is 3.03. The molecule has 2 aromatic rings. The Labute approximate surface area is 124 Å². The monoisotopic (exact) mass is 288 g/mol. The van der Waals surface area contributed by atoms with Crippen LogP contribution in [0.3, 0.4) is 0 Å². The van der Waals surface area contributed by atoms with Gasteiger partial charge in [-0.25, -0.2) is 0 Å². The topological polar surface area (TPSA) is 56.5 Å². The van der Waals surface area contributed by atoms with E-state index in [0.29, 0.717) is 24.5 Å². The van der Waals surface area contributed by atoms with Crippen LogP contribution in [0.25, 0.3) is 0 Å². The first-order chi connectivity index (χ1) is 9.93. The van der Waals surface area contributed by atoms with Crippen LogP contribution in [-0.2, 0) is 13.7 Å². The molecule has 2 heterocycles. The Hall–Kier alpha value is -2.01. The third-order valence-corrected chi connectivity index (χ3v) is 3.57. The van der Waals surface area contributed by atoms with Gasteiger partial charge in [-0.2, -0.15) is 5.10 Å². The van der Waals surface area contributed by atoms with Crippen molar-refractivity contribution in [2.75, 3.05) is 0 Å². The van der Waals surface area contributed by atoms with E-state index in [-0.39, 0.29) is 5.60 Å². The number of ether oxygens (including phenoxy) is 2. The summed E-state index contributed by atoms with van der Waals surface area (Å²) in [5, 5.41) is 14.4. The molecule has 1 atom stereocenters. The largest absolute Gasteiger partial charge is 0.487 e. The first-order valence-electron chi connectivity index (χ1n) is 7.05. The minimum Gasteiger partial charge on any atom is -0.487 e. The fourth-order valence-electron chi connectivity index (χ4n) is 2.58. The fourth-order valence-corrected chi connectivity index (χ4v) is 2.58. The van der Waals surface area contributed by atoms with Gasteiger partial charge in [-0.15, -0.1) is 0 Å². The van der Waals surface area contributed by atoms with Crippen molar-refractivity contribution in [3.8, 4) is 11.5 Å². The highest BCUT2D eigenvalue weighted by Gasteiger charge is 2.32. The molecule has 5 nitrogen and oxygen atoms in total. The number of aliphatic hydroxyl groups is 1. The Bertz CT molecular complexity index is 649. The van der Waals surface area contributed by atoms with Crippen LogP contribution in [0, 0.1) is 0 Å². The minimum atomic E-state index is -0.492. The second-order valence-corrected chi connectivity index (χ2v) is 6.05. The summed E-state index contributed by atoms with van der Waals surface area (Å²) >= 11 is 0. The molecule has 1 aliphatic heterocycles. The maximum Gasteiger partial charge on any atom is 0.132 e. The number of aliphatic hydroxyl groups excluding tert-OH is 1. The molecule has 1 unspecified atom stereocenters. The molecule has 0 spiro atoms. The lowest BCUT2D eigenvalue weighted by atomic mass is 9.92. The highest BCUT2D eigenvalue weighted by Crippen LogP contribution is 2.41. The molecule has 1 N–H and O–H groups in total. The SMILES string of the molecule is Cn1ccc(COc2ccc3c(c2)OC(C)(C)CC3O)n1. The van der Waals surface area contributed by atoms with Gasteiger partial charge in [0.2, 0.25) is 0 Å². The molecular formula is C16H20N2O3. The van der Waals surface area contributed by atoms with Crippen molar-refractivity contribution in [3.05, 3.63) is 41.7 Å². The second-order valence-electron chi connectivity index (χ2n) is 6.05. The Kier molecular flexibility index (Phi) is 3.37. The zero-order valence-corrected chi connectivity index (χ0v) is 12.5. The predicted molar refractivity (Wildman–Crippen MR) is 78.3 cm³/mol. The number of fused-ring (bicyclic) bond motifs is 1. The minimum absolute atomic E-state index is 0.369. The highest BCUT2D eigenvalue weighted by molar-refractivity contribution is 5.43. The molecule has 112 valence electrons. The third-order valence-electron chi connectivity index (χ3n) is 3.57. The van der Waals surface area contributed by atoms with Crippen LogP contribution in [0.1, 0.15) is 37.6 Å². The number of rotatable bonds is 3.